The van der Waals surface area contributed by atoms with Gasteiger partial charge in [-0.15, -0.1) is 0 Å². The van der Waals surface area contributed by atoms with Crippen LogP contribution in [0.25, 0.3) is 21.9 Å². The van der Waals surface area contributed by atoms with Crippen molar-refractivity contribution in [2.75, 3.05) is 0 Å². The number of benzene rings is 3. The Morgan fingerprint density at radius 1 is 0.900 bits per heavy atom. The van der Waals surface area contributed by atoms with Crippen molar-refractivity contribution in [2.24, 2.45) is 0 Å². The first-order valence-electron chi connectivity index (χ1n) is 6.09. The molecule has 3 rings (SSSR count). The van der Waals surface area contributed by atoms with Gasteiger partial charge in [-0.2, -0.15) is 0 Å². The van der Waals surface area contributed by atoms with E-state index in [-0.39, 0.29) is 10.6 Å². The van der Waals surface area contributed by atoms with Gasteiger partial charge in [0.2, 0.25) is 0 Å². The van der Waals surface area contributed by atoms with E-state index in [0.717, 1.165) is 16.3 Å². The second-order valence-corrected chi connectivity index (χ2v) is 4.88. The van der Waals surface area contributed by atoms with E-state index in [2.05, 4.69) is 0 Å². The number of halogens is 1. The van der Waals surface area contributed by atoms with Gasteiger partial charge in [-0.25, -0.2) is 0 Å². The van der Waals surface area contributed by atoms with Gasteiger partial charge in [-0.3, -0.25) is 10.1 Å². The van der Waals surface area contributed by atoms with Crippen LogP contribution in [0.5, 0.6) is 0 Å². The molecule has 0 N–H and O–H groups in total. The Hall–Kier alpha value is -2.39. The zero-order chi connectivity index (χ0) is 14.1. The monoisotopic (exact) mass is 283 g/mol. The highest BCUT2D eigenvalue weighted by Crippen LogP contribution is 2.36. The Bertz CT molecular complexity index is 809. The number of hydrogen-bond donors (Lipinski definition) is 0. The molecule has 0 saturated carbocycles. The molecule has 3 nitrogen and oxygen atoms in total. The number of nitro groups is 1. The molecule has 98 valence electrons. The summed E-state index contributed by atoms with van der Waals surface area (Å²) in [5, 5.41) is 13.7. The molecule has 0 aliphatic rings. The molecule has 0 aromatic heterocycles. The van der Waals surface area contributed by atoms with Crippen molar-refractivity contribution < 1.29 is 4.92 Å². The highest BCUT2D eigenvalue weighted by molar-refractivity contribution is 6.31. The first kappa shape index (κ1) is 12.6. The van der Waals surface area contributed by atoms with Crippen molar-refractivity contribution in [3.05, 3.63) is 75.8 Å². The zero-order valence-electron chi connectivity index (χ0n) is 10.4. The van der Waals surface area contributed by atoms with E-state index in [4.69, 9.17) is 11.6 Å². The topological polar surface area (TPSA) is 43.1 Å². The Morgan fingerprint density at radius 2 is 1.65 bits per heavy atom. The standard InChI is InChI=1S/C16H10ClNO2/c17-12-8-9-16(18(19)20)15(10-12)14-7-3-5-11-4-1-2-6-13(11)14/h1-10H. The molecule has 0 atom stereocenters. The molecular formula is C16H10ClNO2. The fourth-order valence-corrected chi connectivity index (χ4v) is 2.52. The van der Waals surface area contributed by atoms with Crippen LogP contribution < -0.4 is 0 Å². The normalized spacial score (nSPS) is 10.7. The summed E-state index contributed by atoms with van der Waals surface area (Å²) in [5.74, 6) is 0. The van der Waals surface area contributed by atoms with Gasteiger partial charge in [0, 0.05) is 11.1 Å². The predicted octanol–water partition coefficient (Wildman–Crippen LogP) is 5.07. The van der Waals surface area contributed by atoms with Crippen LogP contribution in [0.1, 0.15) is 0 Å². The molecule has 0 bridgehead atoms. The first-order valence-corrected chi connectivity index (χ1v) is 6.47. The molecule has 0 heterocycles. The lowest BCUT2D eigenvalue weighted by Crippen LogP contribution is -1.92. The summed E-state index contributed by atoms with van der Waals surface area (Å²) < 4.78 is 0. The van der Waals surface area contributed by atoms with Crippen LogP contribution >= 0.6 is 11.6 Å². The summed E-state index contributed by atoms with van der Waals surface area (Å²) in [4.78, 5) is 10.8. The minimum Gasteiger partial charge on any atom is -0.258 e. The van der Waals surface area contributed by atoms with Gasteiger partial charge < -0.3 is 0 Å². The Morgan fingerprint density at radius 3 is 2.45 bits per heavy atom. The molecule has 3 aromatic rings. The maximum atomic E-state index is 11.2. The smallest absolute Gasteiger partial charge is 0.258 e. The van der Waals surface area contributed by atoms with E-state index in [1.807, 2.05) is 42.5 Å². The van der Waals surface area contributed by atoms with Gasteiger partial charge in [0.05, 0.1) is 10.5 Å². The summed E-state index contributed by atoms with van der Waals surface area (Å²) in [6.45, 7) is 0. The van der Waals surface area contributed by atoms with E-state index in [1.165, 1.54) is 12.1 Å². The lowest BCUT2D eigenvalue weighted by Gasteiger charge is -2.08. The number of fused-ring (bicyclic) bond motifs is 1. The highest BCUT2D eigenvalue weighted by atomic mass is 35.5. The summed E-state index contributed by atoms with van der Waals surface area (Å²) in [7, 11) is 0. The number of nitrogens with zero attached hydrogens (tertiary/aromatic N) is 1. The van der Waals surface area contributed by atoms with Crippen LogP contribution in [0.15, 0.2) is 60.7 Å². The summed E-state index contributed by atoms with van der Waals surface area (Å²) >= 11 is 6.00. The van der Waals surface area contributed by atoms with Gasteiger partial charge in [-0.1, -0.05) is 54.1 Å². The Labute approximate surface area is 120 Å². The number of rotatable bonds is 2. The third-order valence-electron chi connectivity index (χ3n) is 3.24. The molecule has 0 aliphatic heterocycles. The molecule has 3 aromatic carbocycles. The highest BCUT2D eigenvalue weighted by Gasteiger charge is 2.17. The molecule has 0 fully saturated rings. The fourth-order valence-electron chi connectivity index (χ4n) is 2.34. The summed E-state index contributed by atoms with van der Waals surface area (Å²) in [5.41, 5.74) is 1.42. The summed E-state index contributed by atoms with van der Waals surface area (Å²) in [6, 6.07) is 18.2. The molecular weight excluding hydrogens is 274 g/mol. The fraction of sp³-hybridized carbons (Fsp3) is 0. The average molecular weight is 284 g/mol. The van der Waals surface area contributed by atoms with Crippen LogP contribution in [-0.4, -0.2) is 4.92 Å². The number of hydrogen-bond acceptors (Lipinski definition) is 2. The van der Waals surface area contributed by atoms with Crippen molar-refractivity contribution in [3.8, 4) is 11.1 Å². The van der Waals surface area contributed by atoms with Crippen LogP contribution in [0.4, 0.5) is 5.69 Å². The van der Waals surface area contributed by atoms with Crippen LogP contribution in [0, 0.1) is 10.1 Å². The van der Waals surface area contributed by atoms with Crippen LogP contribution in [-0.2, 0) is 0 Å². The minimum absolute atomic E-state index is 0.0609. The van der Waals surface area contributed by atoms with E-state index < -0.39 is 0 Å². The van der Waals surface area contributed by atoms with E-state index >= 15 is 0 Å². The van der Waals surface area contributed by atoms with Crippen molar-refractivity contribution in [2.45, 2.75) is 0 Å². The van der Waals surface area contributed by atoms with Gasteiger partial charge in [0.25, 0.3) is 5.69 Å². The molecule has 0 radical (unpaired) electrons. The van der Waals surface area contributed by atoms with Crippen molar-refractivity contribution in [1.29, 1.82) is 0 Å². The quantitative estimate of drug-likeness (QED) is 0.487. The molecule has 0 unspecified atom stereocenters. The average Bonchev–Trinajstić information content (AvgIpc) is 2.46. The Kier molecular flexibility index (Phi) is 3.12. The van der Waals surface area contributed by atoms with Gasteiger partial charge in [-0.05, 0) is 28.5 Å². The van der Waals surface area contributed by atoms with Gasteiger partial charge >= 0.3 is 0 Å². The molecule has 0 aliphatic carbocycles. The lowest BCUT2D eigenvalue weighted by molar-refractivity contribution is -0.384. The van der Waals surface area contributed by atoms with Gasteiger partial charge in [0.15, 0.2) is 0 Å². The summed E-state index contributed by atoms with van der Waals surface area (Å²) in [6.07, 6.45) is 0. The van der Waals surface area contributed by atoms with Crippen molar-refractivity contribution in [3.63, 3.8) is 0 Å². The maximum absolute atomic E-state index is 11.2. The van der Waals surface area contributed by atoms with Crippen LogP contribution in [0.3, 0.4) is 0 Å². The molecule has 4 heteroatoms. The van der Waals surface area contributed by atoms with E-state index in [0.29, 0.717) is 10.6 Å². The van der Waals surface area contributed by atoms with E-state index in [9.17, 15) is 10.1 Å². The van der Waals surface area contributed by atoms with Crippen molar-refractivity contribution >= 4 is 28.1 Å². The van der Waals surface area contributed by atoms with Crippen molar-refractivity contribution in [1.82, 2.24) is 0 Å². The lowest BCUT2D eigenvalue weighted by atomic mass is 9.97. The maximum Gasteiger partial charge on any atom is 0.277 e. The van der Waals surface area contributed by atoms with Gasteiger partial charge in [0.1, 0.15) is 0 Å². The second-order valence-electron chi connectivity index (χ2n) is 4.45. The first-order chi connectivity index (χ1) is 9.66. The van der Waals surface area contributed by atoms with Crippen LogP contribution in [0.2, 0.25) is 5.02 Å². The molecule has 0 spiro atoms. The SMILES string of the molecule is O=[N+]([O-])c1ccc(Cl)cc1-c1cccc2ccccc12. The van der Waals surface area contributed by atoms with E-state index in [1.54, 1.807) is 6.07 Å². The molecule has 20 heavy (non-hydrogen) atoms. The largest absolute Gasteiger partial charge is 0.277 e. The third-order valence-corrected chi connectivity index (χ3v) is 3.47. The second kappa shape index (κ2) is 4.94. The predicted molar refractivity (Wildman–Crippen MR) is 81.0 cm³/mol. The third kappa shape index (κ3) is 2.12. The zero-order valence-corrected chi connectivity index (χ0v) is 11.2. The Balaban J connectivity index is 2.36. The minimum atomic E-state index is -0.382. The molecule has 0 amide bonds. The molecule has 0 saturated heterocycles. The number of nitro benzene ring substituents is 1.